The van der Waals surface area contributed by atoms with Crippen molar-refractivity contribution in [2.24, 2.45) is 5.92 Å². The van der Waals surface area contributed by atoms with Crippen LogP contribution in [0.5, 0.6) is 0 Å². The second-order valence-electron chi connectivity index (χ2n) is 4.67. The average molecular weight is 225 g/mol. The summed E-state index contributed by atoms with van der Waals surface area (Å²) in [5.41, 5.74) is -0.902. The fraction of sp³-hybridized carbons (Fsp3) is 0.583. The van der Waals surface area contributed by atoms with E-state index in [1.165, 1.54) is 0 Å². The molecule has 1 aromatic heterocycles. The van der Waals surface area contributed by atoms with E-state index in [2.05, 4.69) is 5.32 Å². The minimum Gasteiger partial charge on any atom is -0.480 e. The summed E-state index contributed by atoms with van der Waals surface area (Å²) in [6, 6.07) is 3.61. The van der Waals surface area contributed by atoms with Gasteiger partial charge >= 0.3 is 5.97 Å². The molecule has 0 aromatic carbocycles. The number of carboxylic acid groups (broad SMARTS) is 1. The Labute approximate surface area is 95.7 Å². The normalized spacial score (nSPS) is 15.0. The van der Waals surface area contributed by atoms with E-state index in [0.29, 0.717) is 18.9 Å². The zero-order chi connectivity index (χ0) is 12.2. The number of carboxylic acids is 1. The molecule has 1 aromatic rings. The Morgan fingerprint density at radius 2 is 2.31 bits per heavy atom. The van der Waals surface area contributed by atoms with Gasteiger partial charge in [0.15, 0.2) is 0 Å². The number of hydrogen-bond acceptors (Lipinski definition) is 3. The van der Waals surface area contributed by atoms with Crippen molar-refractivity contribution in [3.8, 4) is 0 Å². The lowest BCUT2D eigenvalue weighted by Crippen LogP contribution is -2.49. The van der Waals surface area contributed by atoms with E-state index in [-0.39, 0.29) is 0 Å². The Bertz CT molecular complexity index is 332. The maximum absolute atomic E-state index is 11.2. The zero-order valence-corrected chi connectivity index (χ0v) is 9.99. The molecule has 1 rings (SSSR count). The monoisotopic (exact) mass is 225 g/mol. The molecular weight excluding hydrogens is 206 g/mol. The van der Waals surface area contributed by atoms with Crippen LogP contribution in [0, 0.1) is 5.92 Å². The van der Waals surface area contributed by atoms with E-state index in [1.807, 2.05) is 19.9 Å². The largest absolute Gasteiger partial charge is 0.480 e. The van der Waals surface area contributed by atoms with Crippen molar-refractivity contribution in [1.29, 1.82) is 0 Å². The first-order valence-corrected chi connectivity index (χ1v) is 5.45. The molecule has 16 heavy (non-hydrogen) atoms. The van der Waals surface area contributed by atoms with E-state index in [0.717, 1.165) is 5.76 Å². The molecule has 0 aliphatic heterocycles. The van der Waals surface area contributed by atoms with Gasteiger partial charge in [-0.2, -0.15) is 0 Å². The maximum Gasteiger partial charge on any atom is 0.323 e. The standard InChI is InChI=1S/C12H19NO3/c1-9(2)7-12(3,11(14)15)13-8-10-5-4-6-16-10/h4-6,9,13H,7-8H2,1-3H3,(H,14,15). The molecular formula is C12H19NO3. The smallest absolute Gasteiger partial charge is 0.323 e. The van der Waals surface area contributed by atoms with Crippen molar-refractivity contribution < 1.29 is 14.3 Å². The highest BCUT2D eigenvalue weighted by Crippen LogP contribution is 2.17. The van der Waals surface area contributed by atoms with Gasteiger partial charge in [-0.05, 0) is 31.4 Å². The van der Waals surface area contributed by atoms with Crippen LogP contribution < -0.4 is 5.32 Å². The molecule has 4 heteroatoms. The Morgan fingerprint density at radius 3 is 2.75 bits per heavy atom. The first kappa shape index (κ1) is 12.8. The lowest BCUT2D eigenvalue weighted by Gasteiger charge is -2.27. The molecule has 0 amide bonds. The summed E-state index contributed by atoms with van der Waals surface area (Å²) in [5, 5.41) is 12.3. The molecule has 90 valence electrons. The fourth-order valence-corrected chi connectivity index (χ4v) is 1.75. The molecule has 1 unspecified atom stereocenters. The van der Waals surface area contributed by atoms with E-state index in [4.69, 9.17) is 4.42 Å². The van der Waals surface area contributed by atoms with Crippen LogP contribution in [0.3, 0.4) is 0 Å². The number of aliphatic carboxylic acids is 1. The zero-order valence-electron chi connectivity index (χ0n) is 9.99. The van der Waals surface area contributed by atoms with Gasteiger partial charge in [-0.25, -0.2) is 0 Å². The second kappa shape index (κ2) is 5.16. The van der Waals surface area contributed by atoms with Crippen LogP contribution in [-0.2, 0) is 11.3 Å². The summed E-state index contributed by atoms with van der Waals surface area (Å²) in [4.78, 5) is 11.2. The quantitative estimate of drug-likeness (QED) is 0.779. The Hall–Kier alpha value is -1.29. The lowest BCUT2D eigenvalue weighted by molar-refractivity contribution is -0.145. The average Bonchev–Trinajstić information content (AvgIpc) is 2.65. The van der Waals surface area contributed by atoms with Gasteiger partial charge in [0, 0.05) is 0 Å². The SMILES string of the molecule is CC(C)CC(C)(NCc1ccco1)C(=O)O. The van der Waals surface area contributed by atoms with Crippen LogP contribution in [0.1, 0.15) is 33.0 Å². The molecule has 0 spiro atoms. The predicted molar refractivity (Wildman–Crippen MR) is 61.0 cm³/mol. The summed E-state index contributed by atoms with van der Waals surface area (Å²) in [5.74, 6) is 0.245. The van der Waals surface area contributed by atoms with Gasteiger partial charge in [0.2, 0.25) is 0 Å². The third-order valence-electron chi connectivity index (χ3n) is 2.52. The van der Waals surface area contributed by atoms with Gasteiger partial charge in [-0.1, -0.05) is 13.8 Å². The molecule has 0 aliphatic carbocycles. The van der Waals surface area contributed by atoms with Crippen LogP contribution >= 0.6 is 0 Å². The highest BCUT2D eigenvalue weighted by atomic mass is 16.4. The van der Waals surface area contributed by atoms with E-state index in [9.17, 15) is 9.90 Å². The number of nitrogens with one attached hydrogen (secondary N) is 1. The predicted octanol–water partition coefficient (Wildman–Crippen LogP) is 2.26. The molecule has 0 saturated carbocycles. The van der Waals surface area contributed by atoms with Crippen molar-refractivity contribution >= 4 is 5.97 Å². The fourth-order valence-electron chi connectivity index (χ4n) is 1.75. The van der Waals surface area contributed by atoms with Crippen LogP contribution in [0.15, 0.2) is 22.8 Å². The molecule has 1 heterocycles. The topological polar surface area (TPSA) is 62.5 Å². The van der Waals surface area contributed by atoms with Gasteiger partial charge in [0.05, 0.1) is 12.8 Å². The number of carbonyl (C=O) groups is 1. The Balaban J connectivity index is 2.61. The number of rotatable bonds is 6. The first-order chi connectivity index (χ1) is 7.44. The minimum absolute atomic E-state index is 0.324. The van der Waals surface area contributed by atoms with Crippen molar-refractivity contribution in [2.75, 3.05) is 0 Å². The van der Waals surface area contributed by atoms with E-state index in [1.54, 1.807) is 19.3 Å². The Morgan fingerprint density at radius 1 is 1.62 bits per heavy atom. The summed E-state index contributed by atoms with van der Waals surface area (Å²) in [7, 11) is 0. The van der Waals surface area contributed by atoms with Gasteiger partial charge < -0.3 is 9.52 Å². The Kier molecular flexibility index (Phi) is 4.12. The van der Waals surface area contributed by atoms with Crippen molar-refractivity contribution in [1.82, 2.24) is 5.32 Å². The molecule has 4 nitrogen and oxygen atoms in total. The molecule has 0 saturated heterocycles. The highest BCUT2D eigenvalue weighted by molar-refractivity contribution is 5.78. The third-order valence-corrected chi connectivity index (χ3v) is 2.52. The molecule has 0 aliphatic rings. The summed E-state index contributed by atoms with van der Waals surface area (Å²) in [6.07, 6.45) is 2.17. The van der Waals surface area contributed by atoms with Gasteiger partial charge in [0.25, 0.3) is 0 Å². The summed E-state index contributed by atoms with van der Waals surface area (Å²) in [6.45, 7) is 6.16. The summed E-state index contributed by atoms with van der Waals surface area (Å²) < 4.78 is 5.16. The van der Waals surface area contributed by atoms with Crippen LogP contribution in [0.25, 0.3) is 0 Å². The van der Waals surface area contributed by atoms with E-state index >= 15 is 0 Å². The number of furan rings is 1. The molecule has 2 N–H and O–H groups in total. The van der Waals surface area contributed by atoms with Crippen molar-refractivity contribution in [2.45, 2.75) is 39.3 Å². The van der Waals surface area contributed by atoms with Crippen molar-refractivity contribution in [3.63, 3.8) is 0 Å². The van der Waals surface area contributed by atoms with Gasteiger partial charge in [-0.3, -0.25) is 10.1 Å². The van der Waals surface area contributed by atoms with E-state index < -0.39 is 11.5 Å². The molecule has 0 fully saturated rings. The highest BCUT2D eigenvalue weighted by Gasteiger charge is 2.33. The van der Waals surface area contributed by atoms with Crippen LogP contribution in [-0.4, -0.2) is 16.6 Å². The van der Waals surface area contributed by atoms with Gasteiger partial charge in [-0.15, -0.1) is 0 Å². The van der Waals surface area contributed by atoms with Crippen molar-refractivity contribution in [3.05, 3.63) is 24.2 Å². The number of hydrogen-bond donors (Lipinski definition) is 2. The first-order valence-electron chi connectivity index (χ1n) is 5.45. The molecule has 0 radical (unpaired) electrons. The second-order valence-corrected chi connectivity index (χ2v) is 4.67. The molecule has 0 bridgehead atoms. The summed E-state index contributed by atoms with van der Waals surface area (Å²) >= 11 is 0. The maximum atomic E-state index is 11.2. The lowest BCUT2D eigenvalue weighted by atomic mass is 9.91. The van der Waals surface area contributed by atoms with Gasteiger partial charge in [0.1, 0.15) is 11.3 Å². The minimum atomic E-state index is -0.902. The van der Waals surface area contributed by atoms with Crippen LogP contribution in [0.2, 0.25) is 0 Å². The van der Waals surface area contributed by atoms with Crippen LogP contribution in [0.4, 0.5) is 0 Å². The third kappa shape index (κ3) is 3.38. The molecule has 1 atom stereocenters.